The van der Waals surface area contributed by atoms with Crippen molar-refractivity contribution in [1.29, 1.82) is 0 Å². The molecule has 6 nitrogen and oxygen atoms in total. The van der Waals surface area contributed by atoms with Crippen molar-refractivity contribution in [1.82, 2.24) is 9.97 Å². The quantitative estimate of drug-likeness (QED) is 0.234. The van der Waals surface area contributed by atoms with Crippen LogP contribution in [0, 0.1) is 0 Å². The van der Waals surface area contributed by atoms with Gasteiger partial charge in [-0.05, 0) is 61.0 Å². The van der Waals surface area contributed by atoms with Crippen molar-refractivity contribution in [3.8, 4) is 11.5 Å². The molecular weight excluding hydrogens is 444 g/mol. The number of thioether (sulfide) groups is 2. The van der Waals surface area contributed by atoms with Crippen LogP contribution in [-0.4, -0.2) is 50.3 Å². The molecule has 0 atom stereocenters. The van der Waals surface area contributed by atoms with E-state index in [0.717, 1.165) is 43.1 Å². The van der Waals surface area contributed by atoms with Gasteiger partial charge in [-0.1, -0.05) is 0 Å². The summed E-state index contributed by atoms with van der Waals surface area (Å²) in [7, 11) is 3.21. The number of aromatic nitrogens is 2. The van der Waals surface area contributed by atoms with E-state index >= 15 is 0 Å². The fourth-order valence-electron chi connectivity index (χ4n) is 2.84. The first-order valence-corrected chi connectivity index (χ1v) is 12.2. The first-order chi connectivity index (χ1) is 15.7. The van der Waals surface area contributed by atoms with Gasteiger partial charge in [0, 0.05) is 47.2 Å². The summed E-state index contributed by atoms with van der Waals surface area (Å²) in [6.07, 6.45) is 7.83. The Balaban J connectivity index is 0.000000181. The summed E-state index contributed by atoms with van der Waals surface area (Å²) in [5.74, 6) is 1.60. The summed E-state index contributed by atoms with van der Waals surface area (Å²) in [5, 5.41) is 2.17. The molecule has 0 N–H and O–H groups in total. The number of fused-ring (bicyclic) bond motifs is 2. The maximum atomic E-state index is 5.38. The Morgan fingerprint density at radius 2 is 1.09 bits per heavy atom. The van der Waals surface area contributed by atoms with E-state index in [1.54, 1.807) is 37.7 Å². The van der Waals surface area contributed by atoms with Gasteiger partial charge in [0.2, 0.25) is 0 Å². The molecule has 4 rings (SSSR count). The predicted molar refractivity (Wildman–Crippen MR) is 132 cm³/mol. The second kappa shape index (κ2) is 12.5. The van der Waals surface area contributed by atoms with Gasteiger partial charge in [0.1, 0.15) is 11.5 Å². The molecule has 2 heterocycles. The Kier molecular flexibility index (Phi) is 9.43. The van der Waals surface area contributed by atoms with Crippen LogP contribution in [0.5, 0.6) is 11.5 Å². The second-order valence-electron chi connectivity index (χ2n) is 6.56. The number of ether oxygens (including phenoxy) is 4. The Hall–Kier alpha value is -2.52. The zero-order chi connectivity index (χ0) is 22.8. The highest BCUT2D eigenvalue weighted by Crippen LogP contribution is 2.24. The van der Waals surface area contributed by atoms with Gasteiger partial charge >= 0.3 is 0 Å². The first kappa shape index (κ1) is 24.1. The molecule has 0 aliphatic heterocycles. The third kappa shape index (κ3) is 6.74. The largest absolute Gasteiger partial charge is 0.468 e. The Labute approximate surface area is 196 Å². The Morgan fingerprint density at radius 3 is 1.47 bits per heavy atom. The number of rotatable bonds is 8. The third-order valence-corrected chi connectivity index (χ3v) is 5.80. The van der Waals surface area contributed by atoms with Crippen LogP contribution in [0.4, 0.5) is 0 Å². The van der Waals surface area contributed by atoms with Crippen LogP contribution in [-0.2, 0) is 9.47 Å². The highest BCUT2D eigenvalue weighted by atomic mass is 32.2. The molecule has 2 aromatic carbocycles. The number of hydrogen-bond donors (Lipinski definition) is 0. The topological polar surface area (TPSA) is 62.7 Å². The van der Waals surface area contributed by atoms with Crippen molar-refractivity contribution in [2.24, 2.45) is 0 Å². The highest BCUT2D eigenvalue weighted by Gasteiger charge is 2.01. The van der Waals surface area contributed by atoms with Crippen LogP contribution in [0.15, 0.2) is 70.7 Å². The molecule has 0 radical (unpaired) electrons. The van der Waals surface area contributed by atoms with Crippen molar-refractivity contribution in [3.63, 3.8) is 0 Å². The van der Waals surface area contributed by atoms with Gasteiger partial charge in [-0.3, -0.25) is 9.97 Å². The van der Waals surface area contributed by atoms with Gasteiger partial charge in [0.15, 0.2) is 13.6 Å². The SMILES string of the molecule is COCOc1ccc2ncc(SC)cc2c1.COCOc1ccc2ncc(SC)cc2c1. The minimum absolute atomic E-state index is 0.265. The van der Waals surface area contributed by atoms with E-state index < -0.39 is 0 Å². The summed E-state index contributed by atoms with van der Waals surface area (Å²) in [6, 6.07) is 15.8. The molecule has 0 saturated carbocycles. The van der Waals surface area contributed by atoms with Crippen LogP contribution in [0.2, 0.25) is 0 Å². The van der Waals surface area contributed by atoms with E-state index in [0.29, 0.717) is 0 Å². The smallest absolute Gasteiger partial charge is 0.188 e. The summed E-state index contributed by atoms with van der Waals surface area (Å²) in [4.78, 5) is 11.0. The Bertz CT molecular complexity index is 1070. The molecule has 0 unspecified atom stereocenters. The monoisotopic (exact) mass is 470 g/mol. The molecule has 0 spiro atoms. The molecule has 8 heteroatoms. The van der Waals surface area contributed by atoms with Crippen molar-refractivity contribution in [3.05, 3.63) is 60.9 Å². The molecule has 0 aliphatic rings. The molecule has 2 aromatic heterocycles. The fraction of sp³-hybridized carbons (Fsp3) is 0.250. The summed E-state index contributed by atoms with van der Waals surface area (Å²) < 4.78 is 20.5. The lowest BCUT2D eigenvalue weighted by Gasteiger charge is -2.06. The minimum Gasteiger partial charge on any atom is -0.468 e. The van der Waals surface area contributed by atoms with Gasteiger partial charge < -0.3 is 18.9 Å². The van der Waals surface area contributed by atoms with Crippen LogP contribution >= 0.6 is 23.5 Å². The molecule has 32 heavy (non-hydrogen) atoms. The molecule has 0 aliphatic carbocycles. The van der Waals surface area contributed by atoms with E-state index in [-0.39, 0.29) is 13.6 Å². The van der Waals surface area contributed by atoms with Crippen LogP contribution in [0.25, 0.3) is 21.8 Å². The van der Waals surface area contributed by atoms with Crippen LogP contribution in [0.3, 0.4) is 0 Å². The molecule has 0 bridgehead atoms. The molecule has 0 saturated heterocycles. The van der Waals surface area contributed by atoms with Crippen molar-refractivity contribution in [2.45, 2.75) is 9.79 Å². The average Bonchev–Trinajstić information content (AvgIpc) is 2.85. The standard InChI is InChI=1S/2C12H13NO2S/c2*1-14-8-15-10-3-4-12-9(5-10)6-11(16-2)7-13-12/h2*3-7H,8H2,1-2H3. The molecule has 0 fully saturated rings. The third-order valence-electron chi connectivity index (χ3n) is 4.41. The fourth-order valence-corrected chi connectivity index (χ4v) is 3.64. The summed E-state index contributed by atoms with van der Waals surface area (Å²) in [6.45, 7) is 0.530. The number of pyridine rings is 2. The van der Waals surface area contributed by atoms with Gasteiger partial charge in [-0.25, -0.2) is 0 Å². The summed E-state index contributed by atoms with van der Waals surface area (Å²) in [5.41, 5.74) is 1.95. The van der Waals surface area contributed by atoms with Gasteiger partial charge in [0.05, 0.1) is 11.0 Å². The van der Waals surface area contributed by atoms with E-state index in [2.05, 4.69) is 22.1 Å². The molecular formula is C24H26N2O4S2. The van der Waals surface area contributed by atoms with Crippen LogP contribution < -0.4 is 9.47 Å². The van der Waals surface area contributed by atoms with E-state index in [9.17, 15) is 0 Å². The molecule has 4 aromatic rings. The highest BCUT2D eigenvalue weighted by molar-refractivity contribution is 7.98. The number of methoxy groups -OCH3 is 2. The summed E-state index contributed by atoms with van der Waals surface area (Å²) >= 11 is 3.36. The Morgan fingerprint density at radius 1 is 0.656 bits per heavy atom. The minimum atomic E-state index is 0.265. The van der Waals surface area contributed by atoms with Crippen molar-refractivity contribution < 1.29 is 18.9 Å². The van der Waals surface area contributed by atoms with Crippen LogP contribution in [0.1, 0.15) is 0 Å². The average molecular weight is 471 g/mol. The lowest BCUT2D eigenvalue weighted by atomic mass is 10.2. The van der Waals surface area contributed by atoms with Gasteiger partial charge in [-0.2, -0.15) is 0 Å². The number of nitrogens with zero attached hydrogens (tertiary/aromatic N) is 2. The first-order valence-electron chi connectivity index (χ1n) is 9.78. The maximum absolute atomic E-state index is 5.38. The normalized spacial score (nSPS) is 10.6. The van der Waals surface area contributed by atoms with E-state index in [1.165, 1.54) is 0 Å². The zero-order valence-corrected chi connectivity index (χ0v) is 20.2. The molecule has 168 valence electrons. The number of hydrogen-bond acceptors (Lipinski definition) is 8. The lowest BCUT2D eigenvalue weighted by Crippen LogP contribution is -1.98. The van der Waals surface area contributed by atoms with Crippen molar-refractivity contribution in [2.75, 3.05) is 40.3 Å². The maximum Gasteiger partial charge on any atom is 0.188 e. The molecule has 0 amide bonds. The lowest BCUT2D eigenvalue weighted by molar-refractivity contribution is 0.0510. The van der Waals surface area contributed by atoms with Crippen molar-refractivity contribution >= 4 is 45.3 Å². The van der Waals surface area contributed by atoms with E-state index in [4.69, 9.17) is 18.9 Å². The van der Waals surface area contributed by atoms with Gasteiger partial charge in [0.25, 0.3) is 0 Å². The van der Waals surface area contributed by atoms with E-state index in [1.807, 2.05) is 61.3 Å². The van der Waals surface area contributed by atoms with Gasteiger partial charge in [-0.15, -0.1) is 23.5 Å². The number of benzene rings is 2. The zero-order valence-electron chi connectivity index (χ0n) is 18.5. The second-order valence-corrected chi connectivity index (χ2v) is 8.32. The predicted octanol–water partition coefficient (Wildman–Crippen LogP) is 5.88.